The molecule has 0 saturated carbocycles. The molecule has 0 bridgehead atoms. The average molecular weight is 296 g/mol. The molecule has 0 aromatic carbocycles. The van der Waals surface area contributed by atoms with Crippen LogP contribution in [-0.2, 0) is 10.0 Å². The molecule has 2 heterocycles. The Morgan fingerprint density at radius 2 is 2.10 bits per heavy atom. The van der Waals surface area contributed by atoms with Crippen LogP contribution in [0.1, 0.15) is 24.5 Å². The largest absolute Gasteiger partial charge is 0.465 e. The highest BCUT2D eigenvalue weighted by molar-refractivity contribution is 7.89. The van der Waals surface area contributed by atoms with Crippen LogP contribution in [0.3, 0.4) is 0 Å². The summed E-state index contributed by atoms with van der Waals surface area (Å²) in [5, 5.41) is 0. The monoisotopic (exact) mass is 296 g/mol. The van der Waals surface area contributed by atoms with Gasteiger partial charge < -0.3 is 9.84 Å². The quantitative estimate of drug-likeness (QED) is 0.567. The summed E-state index contributed by atoms with van der Waals surface area (Å²) >= 11 is 0. The van der Waals surface area contributed by atoms with Gasteiger partial charge in [-0.15, -0.1) is 0 Å². The lowest BCUT2D eigenvalue weighted by atomic mass is 10.3. The van der Waals surface area contributed by atoms with Crippen LogP contribution in [0.4, 0.5) is 5.82 Å². The van der Waals surface area contributed by atoms with Gasteiger partial charge in [0.05, 0.1) is 10.9 Å². The fraction of sp³-hybridized carbons (Fsp3) is 0.250. The summed E-state index contributed by atoms with van der Waals surface area (Å²) in [5.74, 6) is 6.77. The Morgan fingerprint density at radius 3 is 2.70 bits per heavy atom. The standard InChI is InChI=1S/C12H16N4O3S/c1-8-3-4-11(19-8)9(2)16-20(17,18)10-5-6-14-12(7-10)15-13/h3-7,9,16H,13H2,1-2H3,(H,14,15). The zero-order valence-corrected chi connectivity index (χ0v) is 11.9. The Hall–Kier alpha value is -1.90. The van der Waals surface area contributed by atoms with Crippen molar-refractivity contribution in [2.24, 2.45) is 5.84 Å². The Morgan fingerprint density at radius 1 is 1.35 bits per heavy atom. The van der Waals surface area contributed by atoms with Crippen LogP contribution in [0.25, 0.3) is 0 Å². The van der Waals surface area contributed by atoms with Crippen molar-refractivity contribution in [2.75, 3.05) is 5.43 Å². The van der Waals surface area contributed by atoms with E-state index < -0.39 is 16.1 Å². The van der Waals surface area contributed by atoms with Crippen molar-refractivity contribution < 1.29 is 12.8 Å². The molecule has 8 heteroatoms. The molecule has 0 aliphatic rings. The van der Waals surface area contributed by atoms with Gasteiger partial charge in [-0.1, -0.05) is 0 Å². The second kappa shape index (κ2) is 5.61. The number of aromatic nitrogens is 1. The Bertz CT molecular complexity index is 696. The Balaban J connectivity index is 2.22. The van der Waals surface area contributed by atoms with Crippen LogP contribution in [-0.4, -0.2) is 13.4 Å². The molecule has 0 aliphatic heterocycles. The number of aryl methyl sites for hydroxylation is 1. The van der Waals surface area contributed by atoms with Gasteiger partial charge in [-0.05, 0) is 32.0 Å². The van der Waals surface area contributed by atoms with Gasteiger partial charge in [-0.3, -0.25) is 0 Å². The second-order valence-electron chi connectivity index (χ2n) is 4.31. The number of nitrogens with one attached hydrogen (secondary N) is 2. The molecule has 1 unspecified atom stereocenters. The lowest BCUT2D eigenvalue weighted by Crippen LogP contribution is -2.27. The molecule has 0 saturated heterocycles. The third kappa shape index (κ3) is 3.16. The molecule has 0 amide bonds. The molecule has 1 atom stereocenters. The van der Waals surface area contributed by atoms with Crippen molar-refractivity contribution in [2.45, 2.75) is 24.8 Å². The van der Waals surface area contributed by atoms with Gasteiger partial charge >= 0.3 is 0 Å². The van der Waals surface area contributed by atoms with E-state index in [1.807, 2.05) is 0 Å². The number of hydrogen-bond acceptors (Lipinski definition) is 6. The lowest BCUT2D eigenvalue weighted by Gasteiger charge is -2.12. The number of rotatable bonds is 5. The van der Waals surface area contributed by atoms with E-state index in [9.17, 15) is 8.42 Å². The van der Waals surface area contributed by atoms with Crippen LogP contribution in [0.5, 0.6) is 0 Å². The van der Waals surface area contributed by atoms with Gasteiger partial charge in [-0.2, -0.15) is 0 Å². The summed E-state index contributed by atoms with van der Waals surface area (Å²) in [5.41, 5.74) is 2.31. The predicted octanol–water partition coefficient (Wildman–Crippen LogP) is 1.31. The number of furan rings is 1. The smallest absolute Gasteiger partial charge is 0.241 e. The molecule has 2 aromatic heterocycles. The molecule has 0 fully saturated rings. The Labute approximate surface area is 117 Å². The third-order valence-corrected chi connectivity index (χ3v) is 4.25. The first-order valence-corrected chi connectivity index (χ1v) is 7.42. The van der Waals surface area contributed by atoms with Gasteiger partial charge in [0.2, 0.25) is 10.0 Å². The molecule has 20 heavy (non-hydrogen) atoms. The van der Waals surface area contributed by atoms with Gasteiger partial charge in [0.15, 0.2) is 0 Å². The second-order valence-corrected chi connectivity index (χ2v) is 6.03. The van der Waals surface area contributed by atoms with E-state index in [0.717, 1.165) is 5.76 Å². The SMILES string of the molecule is Cc1ccc(C(C)NS(=O)(=O)c2ccnc(NN)c2)o1. The maximum atomic E-state index is 12.2. The first kappa shape index (κ1) is 14.5. The first-order chi connectivity index (χ1) is 9.42. The summed E-state index contributed by atoms with van der Waals surface area (Å²) in [6.45, 7) is 3.51. The predicted molar refractivity (Wildman–Crippen MR) is 74.2 cm³/mol. The molecule has 7 nitrogen and oxygen atoms in total. The van der Waals surface area contributed by atoms with Crippen molar-refractivity contribution >= 4 is 15.8 Å². The molecule has 0 radical (unpaired) electrons. The molecule has 108 valence electrons. The zero-order chi connectivity index (χ0) is 14.8. The number of hydrogen-bond donors (Lipinski definition) is 3. The van der Waals surface area contributed by atoms with Crippen molar-refractivity contribution in [1.29, 1.82) is 0 Å². The molecule has 2 rings (SSSR count). The lowest BCUT2D eigenvalue weighted by molar-refractivity contribution is 0.441. The highest BCUT2D eigenvalue weighted by Gasteiger charge is 2.20. The zero-order valence-electron chi connectivity index (χ0n) is 11.1. The molecule has 0 spiro atoms. The Kier molecular flexibility index (Phi) is 4.07. The van der Waals surface area contributed by atoms with E-state index in [0.29, 0.717) is 5.76 Å². The normalized spacial score (nSPS) is 13.2. The molecular formula is C12H16N4O3S. The number of sulfonamides is 1. The van der Waals surface area contributed by atoms with E-state index in [4.69, 9.17) is 10.3 Å². The van der Waals surface area contributed by atoms with Crippen LogP contribution in [0.15, 0.2) is 39.8 Å². The molecule has 4 N–H and O–H groups in total. The van der Waals surface area contributed by atoms with Crippen molar-refractivity contribution in [3.63, 3.8) is 0 Å². The fourth-order valence-corrected chi connectivity index (χ4v) is 2.93. The van der Waals surface area contributed by atoms with Crippen molar-refractivity contribution in [1.82, 2.24) is 9.71 Å². The fourth-order valence-electron chi connectivity index (χ4n) is 1.70. The van der Waals surface area contributed by atoms with Crippen LogP contribution in [0, 0.1) is 6.92 Å². The van der Waals surface area contributed by atoms with E-state index >= 15 is 0 Å². The summed E-state index contributed by atoms with van der Waals surface area (Å²) in [4.78, 5) is 3.94. The number of nitrogens with zero attached hydrogens (tertiary/aromatic N) is 1. The van der Waals surface area contributed by atoms with E-state index in [-0.39, 0.29) is 10.7 Å². The summed E-state index contributed by atoms with van der Waals surface area (Å²) in [7, 11) is -3.68. The van der Waals surface area contributed by atoms with Gasteiger partial charge in [0.1, 0.15) is 17.3 Å². The summed E-state index contributed by atoms with van der Waals surface area (Å²) in [6, 6.07) is 5.78. The van der Waals surface area contributed by atoms with Crippen molar-refractivity contribution in [3.8, 4) is 0 Å². The molecule has 0 aliphatic carbocycles. The van der Waals surface area contributed by atoms with Crippen LogP contribution < -0.4 is 16.0 Å². The topological polar surface area (TPSA) is 110 Å². The minimum absolute atomic E-state index is 0.0792. The number of nitrogen functional groups attached to an aromatic ring is 1. The van der Waals surface area contributed by atoms with Gasteiger partial charge in [0.25, 0.3) is 0 Å². The van der Waals surface area contributed by atoms with E-state index in [1.165, 1.54) is 18.3 Å². The maximum Gasteiger partial charge on any atom is 0.241 e. The number of hydrazine groups is 1. The highest BCUT2D eigenvalue weighted by Crippen LogP contribution is 2.19. The minimum Gasteiger partial charge on any atom is -0.465 e. The van der Waals surface area contributed by atoms with Crippen LogP contribution in [0.2, 0.25) is 0 Å². The summed E-state index contributed by atoms with van der Waals surface area (Å²) < 4.78 is 32.4. The maximum absolute atomic E-state index is 12.2. The first-order valence-electron chi connectivity index (χ1n) is 5.94. The highest BCUT2D eigenvalue weighted by atomic mass is 32.2. The molecule has 2 aromatic rings. The van der Waals surface area contributed by atoms with E-state index in [1.54, 1.807) is 26.0 Å². The third-order valence-electron chi connectivity index (χ3n) is 2.71. The van der Waals surface area contributed by atoms with Crippen molar-refractivity contribution in [3.05, 3.63) is 42.0 Å². The number of anilines is 1. The van der Waals surface area contributed by atoms with E-state index in [2.05, 4.69) is 15.1 Å². The number of nitrogens with two attached hydrogens (primary N) is 1. The average Bonchev–Trinajstić information content (AvgIpc) is 2.85. The minimum atomic E-state index is -3.68. The number of pyridine rings is 1. The van der Waals surface area contributed by atoms with Gasteiger partial charge in [-0.25, -0.2) is 24.0 Å². The van der Waals surface area contributed by atoms with Gasteiger partial charge in [0, 0.05) is 12.3 Å². The summed E-state index contributed by atoms with van der Waals surface area (Å²) in [6.07, 6.45) is 1.37. The van der Waals surface area contributed by atoms with Crippen LogP contribution >= 0.6 is 0 Å². The molecular weight excluding hydrogens is 280 g/mol.